The number of thiocarbonyl (C=S) groups is 1. The number of benzene rings is 2. The number of aryl methyl sites for hydroxylation is 1. The second-order valence-electron chi connectivity index (χ2n) is 4.14. The zero-order valence-electron chi connectivity index (χ0n) is 10.2. The molecular formula is C14H12ClFN2S. The van der Waals surface area contributed by atoms with Gasteiger partial charge in [-0.2, -0.15) is 0 Å². The summed E-state index contributed by atoms with van der Waals surface area (Å²) in [7, 11) is 0. The Morgan fingerprint density at radius 2 is 1.89 bits per heavy atom. The fourth-order valence-corrected chi connectivity index (χ4v) is 2.08. The number of anilines is 2. The van der Waals surface area contributed by atoms with Crippen molar-refractivity contribution in [2.75, 3.05) is 5.32 Å². The quantitative estimate of drug-likeness (QED) is 0.835. The predicted octanol–water partition coefficient (Wildman–Crippen LogP) is 4.17. The fraction of sp³-hybridized carbons (Fsp3) is 0.0714. The molecule has 19 heavy (non-hydrogen) atoms. The van der Waals surface area contributed by atoms with Crippen LogP contribution >= 0.6 is 23.8 Å². The molecule has 98 valence electrons. The highest BCUT2D eigenvalue weighted by molar-refractivity contribution is 7.80. The fourth-order valence-electron chi connectivity index (χ4n) is 1.74. The zero-order chi connectivity index (χ0) is 14.0. The highest BCUT2D eigenvalue weighted by Crippen LogP contribution is 2.26. The van der Waals surface area contributed by atoms with Crippen molar-refractivity contribution in [2.24, 2.45) is 5.73 Å². The normalized spacial score (nSPS) is 10.3. The van der Waals surface area contributed by atoms with Crippen molar-refractivity contribution in [3.63, 3.8) is 0 Å². The molecule has 0 bridgehead atoms. The van der Waals surface area contributed by atoms with Crippen LogP contribution in [0.3, 0.4) is 0 Å². The van der Waals surface area contributed by atoms with Gasteiger partial charge in [-0.15, -0.1) is 0 Å². The maximum atomic E-state index is 13.1. The third-order valence-electron chi connectivity index (χ3n) is 2.70. The topological polar surface area (TPSA) is 38.0 Å². The molecule has 2 rings (SSSR count). The minimum Gasteiger partial charge on any atom is -0.389 e. The molecule has 0 fully saturated rings. The Kier molecular flexibility index (Phi) is 4.02. The van der Waals surface area contributed by atoms with Crippen molar-refractivity contribution in [3.05, 3.63) is 58.4 Å². The Balaban J connectivity index is 2.40. The first-order valence-corrected chi connectivity index (χ1v) is 6.38. The molecule has 0 unspecified atom stereocenters. The molecule has 3 N–H and O–H groups in total. The number of nitrogens with one attached hydrogen (secondary N) is 1. The predicted molar refractivity (Wildman–Crippen MR) is 81.8 cm³/mol. The third-order valence-corrected chi connectivity index (χ3v) is 3.16. The monoisotopic (exact) mass is 294 g/mol. The Bertz CT molecular complexity index is 643. The van der Waals surface area contributed by atoms with E-state index in [4.69, 9.17) is 29.6 Å². The lowest BCUT2D eigenvalue weighted by molar-refractivity contribution is 0.627. The summed E-state index contributed by atoms with van der Waals surface area (Å²) in [6.45, 7) is 1.82. The molecule has 2 aromatic rings. The van der Waals surface area contributed by atoms with Gasteiger partial charge in [0.15, 0.2) is 0 Å². The molecular weight excluding hydrogens is 283 g/mol. The standard InChI is InChI=1S/C14H12ClFN2S/c1-8-6-10(16)3-5-12(8)18-13-4-2-9(15)7-11(13)14(17)19/h2-7,18H,1H3,(H2,17,19). The third kappa shape index (κ3) is 3.22. The Morgan fingerprint density at radius 3 is 2.53 bits per heavy atom. The second-order valence-corrected chi connectivity index (χ2v) is 5.01. The summed E-state index contributed by atoms with van der Waals surface area (Å²) in [5.41, 5.74) is 8.66. The van der Waals surface area contributed by atoms with Gasteiger partial charge in [0.2, 0.25) is 0 Å². The van der Waals surface area contributed by atoms with Crippen LogP contribution in [-0.4, -0.2) is 4.99 Å². The summed E-state index contributed by atoms with van der Waals surface area (Å²) in [5, 5.41) is 3.74. The van der Waals surface area contributed by atoms with Crippen LogP contribution in [0.1, 0.15) is 11.1 Å². The van der Waals surface area contributed by atoms with E-state index >= 15 is 0 Å². The molecule has 0 aliphatic rings. The van der Waals surface area contributed by atoms with Crippen LogP contribution < -0.4 is 11.1 Å². The SMILES string of the molecule is Cc1cc(F)ccc1Nc1ccc(Cl)cc1C(N)=S. The van der Waals surface area contributed by atoms with Crippen LogP contribution in [0.15, 0.2) is 36.4 Å². The van der Waals surface area contributed by atoms with Gasteiger partial charge in [-0.1, -0.05) is 23.8 Å². The number of halogens is 2. The summed E-state index contributed by atoms with van der Waals surface area (Å²) < 4.78 is 13.1. The van der Waals surface area contributed by atoms with Crippen LogP contribution in [0.25, 0.3) is 0 Å². The van der Waals surface area contributed by atoms with Crippen molar-refractivity contribution in [1.29, 1.82) is 0 Å². The minimum atomic E-state index is -0.270. The molecule has 0 amide bonds. The maximum absolute atomic E-state index is 13.1. The Morgan fingerprint density at radius 1 is 1.21 bits per heavy atom. The van der Waals surface area contributed by atoms with Gasteiger partial charge < -0.3 is 11.1 Å². The van der Waals surface area contributed by atoms with E-state index in [-0.39, 0.29) is 10.8 Å². The number of nitrogens with two attached hydrogens (primary N) is 1. The van der Waals surface area contributed by atoms with Gasteiger partial charge >= 0.3 is 0 Å². The Hall–Kier alpha value is -1.65. The highest BCUT2D eigenvalue weighted by atomic mass is 35.5. The van der Waals surface area contributed by atoms with Crippen LogP contribution in [0, 0.1) is 12.7 Å². The van der Waals surface area contributed by atoms with E-state index in [9.17, 15) is 4.39 Å². The van der Waals surface area contributed by atoms with Crippen LogP contribution in [0.2, 0.25) is 5.02 Å². The van der Waals surface area contributed by atoms with E-state index in [1.54, 1.807) is 24.3 Å². The molecule has 0 heterocycles. The van der Waals surface area contributed by atoms with E-state index in [1.165, 1.54) is 12.1 Å². The van der Waals surface area contributed by atoms with Gasteiger partial charge in [-0.3, -0.25) is 0 Å². The molecule has 0 aliphatic heterocycles. The summed E-state index contributed by atoms with van der Waals surface area (Å²) in [6.07, 6.45) is 0. The van der Waals surface area contributed by atoms with E-state index < -0.39 is 0 Å². The molecule has 0 atom stereocenters. The van der Waals surface area contributed by atoms with E-state index in [2.05, 4.69) is 5.32 Å². The van der Waals surface area contributed by atoms with Crippen molar-refractivity contribution in [2.45, 2.75) is 6.92 Å². The molecule has 0 saturated carbocycles. The van der Waals surface area contributed by atoms with E-state index in [0.717, 1.165) is 16.9 Å². The van der Waals surface area contributed by atoms with Crippen molar-refractivity contribution in [3.8, 4) is 0 Å². The number of rotatable bonds is 3. The molecule has 0 saturated heterocycles. The summed E-state index contributed by atoms with van der Waals surface area (Å²) >= 11 is 10.9. The van der Waals surface area contributed by atoms with Gasteiger partial charge in [0, 0.05) is 22.0 Å². The number of hydrogen-bond donors (Lipinski definition) is 2. The van der Waals surface area contributed by atoms with E-state index in [1.807, 2.05) is 6.92 Å². The first-order chi connectivity index (χ1) is 8.97. The summed E-state index contributed by atoms with van der Waals surface area (Å²) in [6, 6.07) is 9.75. The van der Waals surface area contributed by atoms with Crippen molar-refractivity contribution < 1.29 is 4.39 Å². The van der Waals surface area contributed by atoms with Crippen LogP contribution in [0.4, 0.5) is 15.8 Å². The highest BCUT2D eigenvalue weighted by Gasteiger charge is 2.08. The van der Waals surface area contributed by atoms with Gasteiger partial charge in [0.05, 0.1) is 0 Å². The number of hydrogen-bond acceptors (Lipinski definition) is 2. The summed E-state index contributed by atoms with van der Waals surface area (Å²) in [4.78, 5) is 0.254. The summed E-state index contributed by atoms with van der Waals surface area (Å²) in [5.74, 6) is -0.270. The molecule has 0 aliphatic carbocycles. The molecule has 2 nitrogen and oxygen atoms in total. The van der Waals surface area contributed by atoms with Gasteiger partial charge in [0.25, 0.3) is 0 Å². The molecule has 2 aromatic carbocycles. The first-order valence-electron chi connectivity index (χ1n) is 5.60. The van der Waals surface area contributed by atoms with Crippen LogP contribution in [-0.2, 0) is 0 Å². The molecule has 0 spiro atoms. The zero-order valence-corrected chi connectivity index (χ0v) is 11.8. The lowest BCUT2D eigenvalue weighted by Crippen LogP contribution is -2.12. The molecule has 0 radical (unpaired) electrons. The lowest BCUT2D eigenvalue weighted by Gasteiger charge is -2.13. The minimum absolute atomic E-state index is 0.254. The van der Waals surface area contributed by atoms with Crippen LogP contribution in [0.5, 0.6) is 0 Å². The van der Waals surface area contributed by atoms with Crippen molar-refractivity contribution in [1.82, 2.24) is 0 Å². The molecule has 0 aromatic heterocycles. The lowest BCUT2D eigenvalue weighted by atomic mass is 10.1. The maximum Gasteiger partial charge on any atom is 0.123 e. The van der Waals surface area contributed by atoms with Gasteiger partial charge in [-0.05, 0) is 48.9 Å². The van der Waals surface area contributed by atoms with Gasteiger partial charge in [-0.25, -0.2) is 4.39 Å². The average Bonchev–Trinajstić information content (AvgIpc) is 2.34. The van der Waals surface area contributed by atoms with E-state index in [0.29, 0.717) is 10.6 Å². The Labute approximate surface area is 121 Å². The van der Waals surface area contributed by atoms with Gasteiger partial charge in [0.1, 0.15) is 10.8 Å². The largest absolute Gasteiger partial charge is 0.389 e. The molecule has 5 heteroatoms. The smallest absolute Gasteiger partial charge is 0.123 e. The second kappa shape index (κ2) is 5.55. The first kappa shape index (κ1) is 13.8. The van der Waals surface area contributed by atoms with Crippen molar-refractivity contribution >= 4 is 40.2 Å². The average molecular weight is 295 g/mol.